The number of carbonyl (C=O) groups is 2. The summed E-state index contributed by atoms with van der Waals surface area (Å²) < 4.78 is 6.88. The molecule has 0 unspecified atom stereocenters. The monoisotopic (exact) mass is 503 g/mol. The minimum atomic E-state index is -0.404. The van der Waals surface area contributed by atoms with Crippen molar-refractivity contribution in [2.75, 3.05) is 17.7 Å². The highest BCUT2D eigenvalue weighted by Gasteiger charge is 2.22. The summed E-state index contributed by atoms with van der Waals surface area (Å²) in [7, 11) is 1.60. The quantitative estimate of drug-likeness (QED) is 0.271. The van der Waals surface area contributed by atoms with Crippen LogP contribution in [0.4, 0.5) is 11.4 Å². The molecule has 2 aromatic carbocycles. The van der Waals surface area contributed by atoms with E-state index in [2.05, 4.69) is 30.9 Å². The van der Waals surface area contributed by atoms with Gasteiger partial charge in [0.15, 0.2) is 10.9 Å². The average Bonchev–Trinajstić information content (AvgIpc) is 3.27. The minimum absolute atomic E-state index is 0.170. The van der Waals surface area contributed by atoms with Crippen molar-refractivity contribution in [3.63, 3.8) is 0 Å². The van der Waals surface area contributed by atoms with E-state index in [-0.39, 0.29) is 11.6 Å². The summed E-state index contributed by atoms with van der Waals surface area (Å²) in [6, 6.07) is 16.1. The van der Waals surface area contributed by atoms with Crippen molar-refractivity contribution in [3.05, 3.63) is 77.4 Å². The number of nitrogens with one attached hydrogen (secondary N) is 2. The number of anilines is 2. The van der Waals surface area contributed by atoms with Crippen molar-refractivity contribution in [3.8, 4) is 11.4 Å². The zero-order chi connectivity index (χ0) is 25.7. The fourth-order valence-electron chi connectivity index (χ4n) is 3.46. The topological polar surface area (TPSA) is 124 Å². The van der Waals surface area contributed by atoms with Gasteiger partial charge in [-0.3, -0.25) is 9.59 Å². The number of aryl methyl sites for hydroxylation is 2. The van der Waals surface area contributed by atoms with Crippen LogP contribution in [0, 0.1) is 13.8 Å². The van der Waals surface area contributed by atoms with Crippen LogP contribution in [-0.2, 0) is 10.5 Å². The molecule has 184 valence electrons. The zero-order valence-corrected chi connectivity index (χ0v) is 21.1. The van der Waals surface area contributed by atoms with Gasteiger partial charge in [-0.05, 0) is 68.4 Å². The Bertz CT molecular complexity index is 1370. The molecular formula is C25H25N7O3S. The van der Waals surface area contributed by atoms with Crippen LogP contribution in [0.1, 0.15) is 34.5 Å². The van der Waals surface area contributed by atoms with Crippen molar-refractivity contribution >= 4 is 35.0 Å². The van der Waals surface area contributed by atoms with E-state index >= 15 is 0 Å². The number of benzene rings is 2. The molecule has 4 aromatic rings. The zero-order valence-electron chi connectivity index (χ0n) is 20.3. The SMILES string of the molecule is COc1ccc(-n2nnc(C(=O)Nc3ccc(NC(C)=O)cc3)c2CSc2nc(C)cc(C)n2)cc1. The van der Waals surface area contributed by atoms with E-state index in [1.807, 2.05) is 44.2 Å². The Morgan fingerprint density at radius 2 is 1.56 bits per heavy atom. The predicted molar refractivity (Wildman–Crippen MR) is 138 cm³/mol. The van der Waals surface area contributed by atoms with Gasteiger partial charge in [-0.15, -0.1) is 5.10 Å². The van der Waals surface area contributed by atoms with Gasteiger partial charge >= 0.3 is 0 Å². The number of methoxy groups -OCH3 is 1. The Balaban J connectivity index is 1.62. The van der Waals surface area contributed by atoms with E-state index in [4.69, 9.17) is 4.74 Å². The molecule has 2 amide bonds. The molecule has 0 saturated heterocycles. The fourth-order valence-corrected chi connectivity index (χ4v) is 4.40. The first kappa shape index (κ1) is 24.9. The second-order valence-corrected chi connectivity index (χ2v) is 8.87. The number of aromatic nitrogens is 5. The van der Waals surface area contributed by atoms with Crippen molar-refractivity contribution in [1.82, 2.24) is 25.0 Å². The molecule has 0 aliphatic heterocycles. The van der Waals surface area contributed by atoms with E-state index in [1.165, 1.54) is 18.7 Å². The number of ether oxygens (including phenoxy) is 1. The molecule has 0 radical (unpaired) electrons. The average molecular weight is 504 g/mol. The van der Waals surface area contributed by atoms with E-state index in [9.17, 15) is 9.59 Å². The third kappa shape index (κ3) is 6.05. The Hall–Kier alpha value is -4.25. The standard InChI is InChI=1S/C25H25N7O3S/c1-15-13-16(2)27-25(26-15)36-14-22-23(30-31-32(22)20-9-11-21(35-4)12-10-20)24(34)29-19-7-5-18(6-8-19)28-17(3)33/h5-13H,14H2,1-4H3,(H,28,33)(H,29,34). The van der Waals surface area contributed by atoms with Gasteiger partial charge in [0.25, 0.3) is 5.91 Å². The molecule has 2 heterocycles. The number of amides is 2. The van der Waals surface area contributed by atoms with E-state index in [0.29, 0.717) is 33.7 Å². The van der Waals surface area contributed by atoms with Crippen molar-refractivity contribution in [1.29, 1.82) is 0 Å². The van der Waals surface area contributed by atoms with Gasteiger partial charge in [-0.2, -0.15) is 0 Å². The summed E-state index contributed by atoms with van der Waals surface area (Å²) in [6.07, 6.45) is 0. The molecule has 10 nitrogen and oxygen atoms in total. The van der Waals surface area contributed by atoms with Gasteiger partial charge in [-0.1, -0.05) is 17.0 Å². The number of hydrogen-bond acceptors (Lipinski definition) is 8. The Kier molecular flexibility index (Phi) is 7.59. The molecule has 2 aromatic heterocycles. The van der Waals surface area contributed by atoms with Gasteiger partial charge in [-0.25, -0.2) is 14.6 Å². The summed E-state index contributed by atoms with van der Waals surface area (Å²) >= 11 is 1.40. The Labute approximate surface area is 212 Å². The van der Waals surface area contributed by atoms with Gasteiger partial charge < -0.3 is 15.4 Å². The van der Waals surface area contributed by atoms with Gasteiger partial charge in [0.2, 0.25) is 5.91 Å². The van der Waals surface area contributed by atoms with Gasteiger partial charge in [0.1, 0.15) is 5.75 Å². The molecule has 0 aliphatic carbocycles. The molecule has 0 fully saturated rings. The lowest BCUT2D eigenvalue weighted by Gasteiger charge is -2.10. The third-order valence-corrected chi connectivity index (χ3v) is 5.92. The molecule has 0 aliphatic rings. The minimum Gasteiger partial charge on any atom is -0.497 e. The van der Waals surface area contributed by atoms with Crippen LogP contribution >= 0.6 is 11.8 Å². The van der Waals surface area contributed by atoms with Crippen LogP contribution in [0.5, 0.6) is 5.75 Å². The molecule has 0 atom stereocenters. The van der Waals surface area contributed by atoms with Gasteiger partial charge in [0, 0.05) is 35.4 Å². The third-order valence-electron chi connectivity index (χ3n) is 5.06. The second-order valence-electron chi connectivity index (χ2n) is 7.93. The van der Waals surface area contributed by atoms with E-state index < -0.39 is 5.91 Å². The lowest BCUT2D eigenvalue weighted by atomic mass is 10.2. The number of thioether (sulfide) groups is 1. The highest BCUT2D eigenvalue weighted by molar-refractivity contribution is 7.98. The summed E-state index contributed by atoms with van der Waals surface area (Å²) in [5.41, 5.74) is 4.45. The summed E-state index contributed by atoms with van der Waals surface area (Å²) in [5, 5.41) is 14.6. The first-order chi connectivity index (χ1) is 17.3. The molecule has 0 saturated carbocycles. The van der Waals surface area contributed by atoms with Crippen LogP contribution in [0.3, 0.4) is 0 Å². The molecule has 4 rings (SSSR count). The lowest BCUT2D eigenvalue weighted by molar-refractivity contribution is -0.114. The maximum atomic E-state index is 13.2. The Morgan fingerprint density at radius 1 is 0.944 bits per heavy atom. The van der Waals surface area contributed by atoms with Gasteiger partial charge in [0.05, 0.1) is 18.5 Å². The van der Waals surface area contributed by atoms with E-state index in [0.717, 1.165) is 17.1 Å². The molecule has 0 bridgehead atoms. The highest BCUT2D eigenvalue weighted by Crippen LogP contribution is 2.25. The first-order valence-corrected chi connectivity index (χ1v) is 12.0. The molecular weight excluding hydrogens is 478 g/mol. The summed E-state index contributed by atoms with van der Waals surface area (Å²) in [5.74, 6) is 0.501. The van der Waals surface area contributed by atoms with Crippen LogP contribution in [0.15, 0.2) is 59.8 Å². The first-order valence-electron chi connectivity index (χ1n) is 11.1. The highest BCUT2D eigenvalue weighted by atomic mass is 32.2. The van der Waals surface area contributed by atoms with Crippen LogP contribution < -0.4 is 15.4 Å². The van der Waals surface area contributed by atoms with Crippen LogP contribution in [0.25, 0.3) is 5.69 Å². The van der Waals surface area contributed by atoms with Crippen molar-refractivity contribution < 1.29 is 14.3 Å². The fraction of sp³-hybridized carbons (Fsp3) is 0.200. The number of rotatable bonds is 8. The summed E-state index contributed by atoms with van der Waals surface area (Å²) in [6.45, 7) is 5.26. The predicted octanol–water partition coefficient (Wildman–Crippen LogP) is 4.19. The number of carbonyl (C=O) groups excluding carboxylic acids is 2. The number of nitrogens with zero attached hydrogens (tertiary/aromatic N) is 5. The Morgan fingerprint density at radius 3 is 2.14 bits per heavy atom. The summed E-state index contributed by atoms with van der Waals surface area (Å²) in [4.78, 5) is 33.4. The van der Waals surface area contributed by atoms with Crippen LogP contribution in [0.2, 0.25) is 0 Å². The lowest BCUT2D eigenvalue weighted by Crippen LogP contribution is -2.15. The normalized spacial score (nSPS) is 10.7. The molecule has 0 spiro atoms. The molecule has 36 heavy (non-hydrogen) atoms. The van der Waals surface area contributed by atoms with Crippen molar-refractivity contribution in [2.45, 2.75) is 31.7 Å². The smallest absolute Gasteiger partial charge is 0.278 e. The maximum absolute atomic E-state index is 13.2. The van der Waals surface area contributed by atoms with E-state index in [1.54, 1.807) is 36.1 Å². The maximum Gasteiger partial charge on any atom is 0.278 e. The largest absolute Gasteiger partial charge is 0.497 e. The number of hydrogen-bond donors (Lipinski definition) is 2. The molecule has 2 N–H and O–H groups in total. The molecule has 11 heteroatoms. The van der Waals surface area contributed by atoms with Crippen molar-refractivity contribution in [2.24, 2.45) is 0 Å². The van der Waals surface area contributed by atoms with Crippen LogP contribution in [-0.4, -0.2) is 43.9 Å². The second kappa shape index (κ2) is 11.0.